The van der Waals surface area contributed by atoms with Crippen LogP contribution in [0.4, 0.5) is 5.69 Å². The van der Waals surface area contributed by atoms with E-state index in [-0.39, 0.29) is 5.91 Å². The third-order valence-corrected chi connectivity index (χ3v) is 3.38. The Morgan fingerprint density at radius 2 is 2.05 bits per heavy atom. The SMILES string of the molecule is CC(C)CCN(C)C(=O)c1ccn(-c2ccccc2N)n1. The van der Waals surface area contributed by atoms with Crippen molar-refractivity contribution in [3.63, 3.8) is 0 Å². The van der Waals surface area contributed by atoms with E-state index in [0.29, 0.717) is 17.3 Å². The van der Waals surface area contributed by atoms with Crippen LogP contribution < -0.4 is 5.73 Å². The Hall–Kier alpha value is -2.30. The summed E-state index contributed by atoms with van der Waals surface area (Å²) in [7, 11) is 1.81. The number of para-hydroxylation sites is 2. The van der Waals surface area contributed by atoms with Crippen LogP contribution in [0.5, 0.6) is 0 Å². The number of amides is 1. The van der Waals surface area contributed by atoms with Crippen LogP contribution in [-0.4, -0.2) is 34.2 Å². The summed E-state index contributed by atoms with van der Waals surface area (Å²) in [5.74, 6) is 0.505. The monoisotopic (exact) mass is 286 g/mol. The molecule has 0 aliphatic rings. The van der Waals surface area contributed by atoms with Gasteiger partial charge in [0.15, 0.2) is 5.69 Å². The molecule has 1 aromatic carbocycles. The molecule has 0 saturated heterocycles. The van der Waals surface area contributed by atoms with Crippen LogP contribution in [0.3, 0.4) is 0 Å². The molecule has 0 aliphatic heterocycles. The van der Waals surface area contributed by atoms with E-state index in [1.54, 1.807) is 28.9 Å². The Morgan fingerprint density at radius 1 is 1.33 bits per heavy atom. The number of nitrogens with two attached hydrogens (primary N) is 1. The van der Waals surface area contributed by atoms with Gasteiger partial charge in [0, 0.05) is 19.8 Å². The number of hydrogen-bond acceptors (Lipinski definition) is 3. The number of carbonyl (C=O) groups is 1. The van der Waals surface area contributed by atoms with E-state index >= 15 is 0 Å². The number of nitrogen functional groups attached to an aromatic ring is 1. The van der Waals surface area contributed by atoms with Crippen molar-refractivity contribution in [2.45, 2.75) is 20.3 Å². The zero-order chi connectivity index (χ0) is 15.4. The predicted molar refractivity (Wildman–Crippen MR) is 84.4 cm³/mol. The Balaban J connectivity index is 2.13. The highest BCUT2D eigenvalue weighted by Crippen LogP contribution is 2.16. The first kappa shape index (κ1) is 15.1. The molecule has 0 aliphatic carbocycles. The average Bonchev–Trinajstić information content (AvgIpc) is 2.94. The molecule has 5 heteroatoms. The fourth-order valence-corrected chi connectivity index (χ4v) is 2.02. The highest BCUT2D eigenvalue weighted by molar-refractivity contribution is 5.92. The predicted octanol–water partition coefficient (Wildman–Crippen LogP) is 2.57. The van der Waals surface area contributed by atoms with Crippen LogP contribution in [0.2, 0.25) is 0 Å². The van der Waals surface area contributed by atoms with E-state index < -0.39 is 0 Å². The molecule has 21 heavy (non-hydrogen) atoms. The maximum Gasteiger partial charge on any atom is 0.274 e. The van der Waals surface area contributed by atoms with Gasteiger partial charge >= 0.3 is 0 Å². The molecule has 0 radical (unpaired) electrons. The zero-order valence-corrected chi connectivity index (χ0v) is 12.8. The van der Waals surface area contributed by atoms with E-state index in [4.69, 9.17) is 5.73 Å². The summed E-state index contributed by atoms with van der Waals surface area (Å²) in [4.78, 5) is 14.0. The first-order valence-electron chi connectivity index (χ1n) is 7.15. The second-order valence-corrected chi connectivity index (χ2v) is 5.61. The van der Waals surface area contributed by atoms with Gasteiger partial charge in [0.05, 0.1) is 11.4 Å². The summed E-state index contributed by atoms with van der Waals surface area (Å²) in [6, 6.07) is 9.17. The number of aromatic nitrogens is 2. The van der Waals surface area contributed by atoms with Crippen LogP contribution in [0.1, 0.15) is 30.8 Å². The van der Waals surface area contributed by atoms with Crippen molar-refractivity contribution in [2.24, 2.45) is 5.92 Å². The Morgan fingerprint density at radius 3 is 2.71 bits per heavy atom. The van der Waals surface area contributed by atoms with E-state index in [9.17, 15) is 4.79 Å². The van der Waals surface area contributed by atoms with Gasteiger partial charge in [0.2, 0.25) is 0 Å². The second-order valence-electron chi connectivity index (χ2n) is 5.61. The summed E-state index contributed by atoms with van der Waals surface area (Å²) in [5.41, 5.74) is 7.77. The summed E-state index contributed by atoms with van der Waals surface area (Å²) < 4.78 is 1.64. The second kappa shape index (κ2) is 6.43. The topological polar surface area (TPSA) is 64.2 Å². The lowest BCUT2D eigenvalue weighted by Gasteiger charge is -2.17. The molecule has 1 amide bonds. The van der Waals surface area contributed by atoms with Crippen LogP contribution in [0.15, 0.2) is 36.5 Å². The number of benzene rings is 1. The van der Waals surface area contributed by atoms with E-state index in [2.05, 4.69) is 18.9 Å². The molecule has 0 spiro atoms. The molecule has 2 rings (SSSR count). The van der Waals surface area contributed by atoms with Crippen LogP contribution in [0, 0.1) is 5.92 Å². The highest BCUT2D eigenvalue weighted by Gasteiger charge is 2.15. The highest BCUT2D eigenvalue weighted by atomic mass is 16.2. The molecular formula is C16H22N4O. The maximum atomic E-state index is 12.3. The Kier molecular flexibility index (Phi) is 4.62. The number of carbonyl (C=O) groups excluding carboxylic acids is 1. The number of anilines is 1. The maximum absolute atomic E-state index is 12.3. The van der Waals surface area contributed by atoms with Crippen LogP contribution >= 0.6 is 0 Å². The van der Waals surface area contributed by atoms with Gasteiger partial charge in [-0.3, -0.25) is 4.79 Å². The molecule has 112 valence electrons. The van der Waals surface area contributed by atoms with Crippen LogP contribution in [-0.2, 0) is 0 Å². The Bertz CT molecular complexity index is 618. The largest absolute Gasteiger partial charge is 0.397 e. The van der Waals surface area contributed by atoms with Crippen molar-refractivity contribution in [1.29, 1.82) is 0 Å². The molecule has 5 nitrogen and oxygen atoms in total. The van der Waals surface area contributed by atoms with E-state index in [1.165, 1.54) is 0 Å². The lowest BCUT2D eigenvalue weighted by atomic mass is 10.1. The fraction of sp³-hybridized carbons (Fsp3) is 0.375. The third kappa shape index (κ3) is 3.62. The molecule has 0 atom stereocenters. The van der Waals surface area contributed by atoms with Gasteiger partial charge in [-0.1, -0.05) is 26.0 Å². The first-order chi connectivity index (χ1) is 9.99. The minimum absolute atomic E-state index is 0.0658. The molecule has 0 fully saturated rings. The third-order valence-electron chi connectivity index (χ3n) is 3.38. The molecule has 0 saturated carbocycles. The molecule has 2 aromatic rings. The van der Waals surface area contributed by atoms with Gasteiger partial charge in [-0.05, 0) is 30.5 Å². The molecule has 2 N–H and O–H groups in total. The minimum atomic E-state index is -0.0658. The average molecular weight is 286 g/mol. The summed E-state index contributed by atoms with van der Waals surface area (Å²) in [6.45, 7) is 5.02. The van der Waals surface area contributed by atoms with Crippen molar-refractivity contribution < 1.29 is 4.79 Å². The van der Waals surface area contributed by atoms with Crippen molar-refractivity contribution in [2.75, 3.05) is 19.3 Å². The van der Waals surface area contributed by atoms with Crippen molar-refractivity contribution in [3.8, 4) is 5.69 Å². The van der Waals surface area contributed by atoms with Crippen molar-refractivity contribution in [3.05, 3.63) is 42.2 Å². The zero-order valence-electron chi connectivity index (χ0n) is 12.8. The summed E-state index contributed by atoms with van der Waals surface area (Å²) in [5, 5.41) is 4.33. The van der Waals surface area contributed by atoms with Crippen LogP contribution in [0.25, 0.3) is 5.69 Å². The van der Waals surface area contributed by atoms with E-state index in [0.717, 1.165) is 18.7 Å². The van der Waals surface area contributed by atoms with Gasteiger partial charge < -0.3 is 10.6 Å². The van der Waals surface area contributed by atoms with E-state index in [1.807, 2.05) is 24.3 Å². The quantitative estimate of drug-likeness (QED) is 0.859. The van der Waals surface area contributed by atoms with Gasteiger partial charge in [-0.25, -0.2) is 4.68 Å². The van der Waals surface area contributed by atoms with Gasteiger partial charge in [0.25, 0.3) is 5.91 Å². The lowest BCUT2D eigenvalue weighted by molar-refractivity contribution is 0.0783. The van der Waals surface area contributed by atoms with Gasteiger partial charge in [-0.2, -0.15) is 5.10 Å². The summed E-state index contributed by atoms with van der Waals surface area (Å²) >= 11 is 0. The molecule has 0 unspecified atom stereocenters. The van der Waals surface area contributed by atoms with Crippen molar-refractivity contribution in [1.82, 2.24) is 14.7 Å². The number of hydrogen-bond donors (Lipinski definition) is 1. The summed E-state index contributed by atoms with van der Waals surface area (Å²) in [6.07, 6.45) is 2.74. The molecule has 1 heterocycles. The normalized spacial score (nSPS) is 10.9. The molecule has 0 bridgehead atoms. The Labute approximate surface area is 125 Å². The van der Waals surface area contributed by atoms with Gasteiger partial charge in [-0.15, -0.1) is 0 Å². The fourth-order valence-electron chi connectivity index (χ4n) is 2.02. The van der Waals surface area contributed by atoms with Crippen molar-refractivity contribution >= 4 is 11.6 Å². The van der Waals surface area contributed by atoms with Gasteiger partial charge in [0.1, 0.15) is 0 Å². The minimum Gasteiger partial charge on any atom is -0.397 e. The number of rotatable bonds is 5. The molecule has 1 aromatic heterocycles. The molecular weight excluding hydrogens is 264 g/mol. The standard InChI is InChI=1S/C16H22N4O/c1-12(2)8-10-19(3)16(21)14-9-11-20(18-14)15-7-5-4-6-13(15)17/h4-7,9,11-12H,8,10,17H2,1-3H3. The smallest absolute Gasteiger partial charge is 0.274 e. The lowest BCUT2D eigenvalue weighted by Crippen LogP contribution is -2.28. The first-order valence-corrected chi connectivity index (χ1v) is 7.15. The number of nitrogens with zero attached hydrogens (tertiary/aromatic N) is 3.